The zero-order valence-corrected chi connectivity index (χ0v) is 13.6. The van der Waals surface area contributed by atoms with Crippen LogP contribution in [-0.4, -0.2) is 16.2 Å². The van der Waals surface area contributed by atoms with Gasteiger partial charge in [-0.25, -0.2) is 4.79 Å². The third-order valence-electron chi connectivity index (χ3n) is 3.41. The maximum atomic E-state index is 11.3. The molecule has 0 aliphatic carbocycles. The van der Waals surface area contributed by atoms with E-state index in [0.717, 1.165) is 0 Å². The van der Waals surface area contributed by atoms with E-state index in [9.17, 15) is 15.0 Å². The number of azo groups is 1. The van der Waals surface area contributed by atoms with Crippen LogP contribution in [0.25, 0.3) is 10.8 Å². The van der Waals surface area contributed by atoms with Gasteiger partial charge in [-0.1, -0.05) is 53.5 Å². The number of carboxylic acids is 1. The molecule has 0 atom stereocenters. The number of benzene rings is 3. The zero-order valence-electron chi connectivity index (χ0n) is 12.1. The number of phenols is 1. The molecule has 24 heavy (non-hydrogen) atoms. The van der Waals surface area contributed by atoms with Crippen molar-refractivity contribution in [2.24, 2.45) is 10.2 Å². The Morgan fingerprint density at radius 3 is 2.50 bits per heavy atom. The lowest BCUT2D eigenvalue weighted by Crippen LogP contribution is -1.97. The van der Waals surface area contributed by atoms with Crippen molar-refractivity contribution in [3.8, 4) is 5.75 Å². The summed E-state index contributed by atoms with van der Waals surface area (Å²) >= 11 is 12.0. The quantitative estimate of drug-likeness (QED) is 0.564. The Labute approximate surface area is 146 Å². The summed E-state index contributed by atoms with van der Waals surface area (Å²) in [5.41, 5.74) is 0.120. The molecule has 7 heteroatoms. The molecule has 120 valence electrons. The number of rotatable bonds is 3. The van der Waals surface area contributed by atoms with Crippen molar-refractivity contribution in [2.45, 2.75) is 0 Å². The third kappa shape index (κ3) is 2.91. The summed E-state index contributed by atoms with van der Waals surface area (Å²) in [6.07, 6.45) is 0. The maximum absolute atomic E-state index is 11.3. The first-order valence-corrected chi connectivity index (χ1v) is 7.58. The standard InChI is InChI=1S/C17H10Cl2N2O3/c18-12-6-3-7-13(14(12)19)20-21-15-10-5-2-1-4-9(10)8-11(16(15)22)17(23)24/h1-8,22H,(H,23,24). The smallest absolute Gasteiger partial charge is 0.339 e. The number of halogens is 2. The SMILES string of the molecule is O=C(O)c1cc2ccccc2c(N=Nc2cccc(Cl)c2Cl)c1O. The van der Waals surface area contributed by atoms with E-state index in [1.165, 1.54) is 6.07 Å². The molecule has 0 aliphatic rings. The summed E-state index contributed by atoms with van der Waals surface area (Å²) in [4.78, 5) is 11.3. The van der Waals surface area contributed by atoms with E-state index in [1.807, 2.05) is 0 Å². The van der Waals surface area contributed by atoms with E-state index in [2.05, 4.69) is 10.2 Å². The molecule has 0 saturated carbocycles. The molecule has 0 aliphatic heterocycles. The van der Waals surface area contributed by atoms with Crippen LogP contribution in [0.2, 0.25) is 10.0 Å². The molecule has 0 amide bonds. The van der Waals surface area contributed by atoms with Crippen LogP contribution in [0, 0.1) is 0 Å². The Morgan fingerprint density at radius 2 is 1.75 bits per heavy atom. The number of carboxylic acid groups (broad SMARTS) is 1. The summed E-state index contributed by atoms with van der Waals surface area (Å²) < 4.78 is 0. The van der Waals surface area contributed by atoms with Gasteiger partial charge in [-0.15, -0.1) is 10.2 Å². The molecule has 0 radical (unpaired) electrons. The lowest BCUT2D eigenvalue weighted by Gasteiger charge is -2.07. The lowest BCUT2D eigenvalue weighted by molar-refractivity contribution is 0.0694. The highest BCUT2D eigenvalue weighted by molar-refractivity contribution is 6.43. The molecule has 0 spiro atoms. The van der Waals surface area contributed by atoms with Crippen LogP contribution in [0.15, 0.2) is 58.8 Å². The monoisotopic (exact) mass is 360 g/mol. The van der Waals surface area contributed by atoms with Gasteiger partial charge in [0.2, 0.25) is 0 Å². The lowest BCUT2D eigenvalue weighted by atomic mass is 10.0. The molecule has 0 unspecified atom stereocenters. The first-order chi connectivity index (χ1) is 11.5. The number of fused-ring (bicyclic) bond motifs is 1. The van der Waals surface area contributed by atoms with Gasteiger partial charge in [0.15, 0.2) is 5.75 Å². The number of nitrogens with zero attached hydrogens (tertiary/aromatic N) is 2. The number of hydrogen-bond donors (Lipinski definition) is 2. The van der Waals surface area contributed by atoms with Crippen molar-refractivity contribution in [2.75, 3.05) is 0 Å². The Morgan fingerprint density at radius 1 is 1.00 bits per heavy atom. The van der Waals surface area contributed by atoms with Crippen molar-refractivity contribution in [1.29, 1.82) is 0 Å². The molecule has 0 saturated heterocycles. The van der Waals surface area contributed by atoms with Gasteiger partial charge in [-0.05, 0) is 23.6 Å². The van der Waals surface area contributed by atoms with E-state index >= 15 is 0 Å². The number of carbonyl (C=O) groups is 1. The minimum Gasteiger partial charge on any atom is -0.505 e. The predicted molar refractivity (Wildman–Crippen MR) is 93.2 cm³/mol. The fourth-order valence-electron chi connectivity index (χ4n) is 2.26. The minimum atomic E-state index is -1.25. The van der Waals surface area contributed by atoms with Crippen molar-refractivity contribution < 1.29 is 15.0 Å². The van der Waals surface area contributed by atoms with Gasteiger partial charge in [0.05, 0.1) is 10.0 Å². The van der Waals surface area contributed by atoms with Gasteiger partial charge in [-0.2, -0.15) is 0 Å². The topological polar surface area (TPSA) is 82.2 Å². The first kappa shape index (κ1) is 16.2. The Kier molecular flexibility index (Phi) is 4.38. The average molecular weight is 361 g/mol. The molecule has 3 rings (SSSR count). The van der Waals surface area contributed by atoms with Gasteiger partial charge in [0.25, 0.3) is 0 Å². The zero-order chi connectivity index (χ0) is 17.3. The molecule has 0 fully saturated rings. The Bertz CT molecular complexity index is 987. The summed E-state index contributed by atoms with van der Waals surface area (Å²) in [5.74, 6) is -1.71. The molecular formula is C17H10Cl2N2O3. The first-order valence-electron chi connectivity index (χ1n) is 6.83. The van der Waals surface area contributed by atoms with E-state index in [4.69, 9.17) is 23.2 Å². The summed E-state index contributed by atoms with van der Waals surface area (Å²) in [5, 5.41) is 29.3. The van der Waals surface area contributed by atoms with Crippen LogP contribution in [-0.2, 0) is 0 Å². The maximum Gasteiger partial charge on any atom is 0.339 e. The minimum absolute atomic E-state index is 0.0570. The second-order valence-electron chi connectivity index (χ2n) is 4.92. The van der Waals surface area contributed by atoms with E-state index < -0.39 is 11.7 Å². The second kappa shape index (κ2) is 6.47. The normalized spacial score (nSPS) is 11.2. The number of hydrogen-bond acceptors (Lipinski definition) is 4. The molecular weight excluding hydrogens is 351 g/mol. The number of aromatic hydroxyl groups is 1. The highest BCUT2D eigenvalue weighted by Gasteiger charge is 2.17. The predicted octanol–water partition coefficient (Wildman–Crippen LogP) is 5.97. The van der Waals surface area contributed by atoms with Crippen molar-refractivity contribution in [3.05, 3.63) is 64.1 Å². The van der Waals surface area contributed by atoms with Crippen LogP contribution < -0.4 is 0 Å². The van der Waals surface area contributed by atoms with E-state index in [-0.39, 0.29) is 16.3 Å². The Hall–Kier alpha value is -2.63. The van der Waals surface area contributed by atoms with Crippen LogP contribution in [0.5, 0.6) is 5.75 Å². The molecule has 3 aromatic carbocycles. The fourth-order valence-corrected chi connectivity index (χ4v) is 2.59. The molecule has 0 heterocycles. The van der Waals surface area contributed by atoms with Gasteiger partial charge in [0, 0.05) is 5.39 Å². The second-order valence-corrected chi connectivity index (χ2v) is 5.71. The van der Waals surface area contributed by atoms with E-state index in [0.29, 0.717) is 21.5 Å². The van der Waals surface area contributed by atoms with Gasteiger partial charge in [-0.3, -0.25) is 0 Å². The van der Waals surface area contributed by atoms with Gasteiger partial charge in [0.1, 0.15) is 16.9 Å². The van der Waals surface area contributed by atoms with Crippen molar-refractivity contribution >= 4 is 51.3 Å². The molecule has 2 N–H and O–H groups in total. The van der Waals surface area contributed by atoms with Crippen LogP contribution in [0.4, 0.5) is 11.4 Å². The van der Waals surface area contributed by atoms with Gasteiger partial charge < -0.3 is 10.2 Å². The Balaban J connectivity index is 2.21. The highest BCUT2D eigenvalue weighted by atomic mass is 35.5. The molecule has 0 bridgehead atoms. The average Bonchev–Trinajstić information content (AvgIpc) is 2.57. The third-order valence-corrected chi connectivity index (χ3v) is 4.22. The largest absolute Gasteiger partial charge is 0.505 e. The van der Waals surface area contributed by atoms with Crippen LogP contribution >= 0.6 is 23.2 Å². The summed E-state index contributed by atoms with van der Waals surface area (Å²) in [6.45, 7) is 0. The molecule has 0 aromatic heterocycles. The summed E-state index contributed by atoms with van der Waals surface area (Å²) in [7, 11) is 0. The number of aromatic carboxylic acids is 1. The van der Waals surface area contributed by atoms with Crippen molar-refractivity contribution in [1.82, 2.24) is 0 Å². The molecule has 5 nitrogen and oxygen atoms in total. The molecule has 3 aromatic rings. The highest BCUT2D eigenvalue weighted by Crippen LogP contribution is 2.40. The van der Waals surface area contributed by atoms with E-state index in [1.54, 1.807) is 42.5 Å². The summed E-state index contributed by atoms with van der Waals surface area (Å²) in [6, 6.07) is 13.2. The van der Waals surface area contributed by atoms with Crippen LogP contribution in [0.3, 0.4) is 0 Å². The fraction of sp³-hybridized carbons (Fsp3) is 0. The van der Waals surface area contributed by atoms with Gasteiger partial charge >= 0.3 is 5.97 Å². The van der Waals surface area contributed by atoms with Crippen LogP contribution in [0.1, 0.15) is 10.4 Å². The van der Waals surface area contributed by atoms with Crippen molar-refractivity contribution in [3.63, 3.8) is 0 Å².